The van der Waals surface area contributed by atoms with Crippen LogP contribution in [0.1, 0.15) is 30.1 Å². The lowest BCUT2D eigenvalue weighted by atomic mass is 10.1. The number of rotatable bonds is 5. The van der Waals surface area contributed by atoms with Crippen molar-refractivity contribution in [3.05, 3.63) is 64.7 Å². The van der Waals surface area contributed by atoms with Gasteiger partial charge in [0.1, 0.15) is 5.71 Å². The van der Waals surface area contributed by atoms with E-state index in [1.807, 2.05) is 0 Å². The minimum Gasteiger partial charge on any atom is -0.443 e. The molecule has 2 aromatic rings. The molecule has 2 aromatic carbocycles. The van der Waals surface area contributed by atoms with Crippen LogP contribution < -0.4 is 10.7 Å². The molecule has 0 saturated heterocycles. The summed E-state index contributed by atoms with van der Waals surface area (Å²) in [5.41, 5.74) is 1.03. The largest absolute Gasteiger partial charge is 0.443 e. The Labute approximate surface area is 179 Å². The van der Waals surface area contributed by atoms with Crippen LogP contribution in [0.4, 0.5) is 18.9 Å². The maximum Gasteiger partial charge on any atom is 0.416 e. The van der Waals surface area contributed by atoms with E-state index in [4.69, 9.17) is 16.3 Å². The van der Waals surface area contributed by atoms with Gasteiger partial charge >= 0.3 is 12.1 Å². The molecule has 11 heteroatoms. The van der Waals surface area contributed by atoms with Crippen molar-refractivity contribution in [2.45, 2.75) is 25.1 Å². The lowest BCUT2D eigenvalue weighted by molar-refractivity contribution is -0.148. The second-order valence-electron chi connectivity index (χ2n) is 6.47. The molecule has 1 unspecified atom stereocenters. The van der Waals surface area contributed by atoms with E-state index < -0.39 is 29.7 Å². The van der Waals surface area contributed by atoms with Gasteiger partial charge in [-0.1, -0.05) is 41.9 Å². The zero-order valence-electron chi connectivity index (χ0n) is 15.7. The van der Waals surface area contributed by atoms with Gasteiger partial charge in [0.05, 0.1) is 16.3 Å². The average molecular weight is 454 g/mol. The number of nitrogens with one attached hydrogen (secondary N) is 2. The molecule has 0 aromatic heterocycles. The number of ether oxygens (including phenoxy) is 1. The molecule has 1 atom stereocenters. The van der Waals surface area contributed by atoms with E-state index in [0.717, 1.165) is 12.1 Å². The van der Waals surface area contributed by atoms with Crippen LogP contribution in [-0.4, -0.2) is 23.5 Å². The van der Waals surface area contributed by atoms with Crippen molar-refractivity contribution < 1.29 is 32.3 Å². The molecule has 2 N–H and O–H groups in total. The molecule has 0 aliphatic carbocycles. The van der Waals surface area contributed by atoms with E-state index in [-0.39, 0.29) is 40.7 Å². The monoisotopic (exact) mass is 453 g/mol. The maximum atomic E-state index is 13.0. The van der Waals surface area contributed by atoms with Crippen LogP contribution in [0.3, 0.4) is 0 Å². The summed E-state index contributed by atoms with van der Waals surface area (Å²) < 4.78 is 44.3. The zero-order chi connectivity index (χ0) is 22.6. The van der Waals surface area contributed by atoms with E-state index in [9.17, 15) is 27.6 Å². The van der Waals surface area contributed by atoms with Gasteiger partial charge in [-0.3, -0.25) is 9.59 Å². The number of alkyl halides is 3. The first-order valence-electron chi connectivity index (χ1n) is 8.94. The molecule has 1 aliphatic heterocycles. The van der Waals surface area contributed by atoms with Gasteiger partial charge in [-0.15, -0.1) is 0 Å². The summed E-state index contributed by atoms with van der Waals surface area (Å²) in [6.45, 7) is 0. The maximum absolute atomic E-state index is 13.0. The van der Waals surface area contributed by atoms with Crippen LogP contribution in [0.25, 0.3) is 0 Å². The molecular formula is C20H15ClF3N3O4. The number of amides is 2. The molecule has 0 spiro atoms. The quantitative estimate of drug-likeness (QED) is 0.672. The summed E-state index contributed by atoms with van der Waals surface area (Å²) in [5, 5.41) is 5.77. The van der Waals surface area contributed by atoms with E-state index in [2.05, 4.69) is 15.8 Å². The Morgan fingerprint density at radius 2 is 1.84 bits per heavy atom. The number of hydrogen-bond donors (Lipinski definition) is 2. The van der Waals surface area contributed by atoms with Crippen molar-refractivity contribution in [2.24, 2.45) is 5.10 Å². The molecule has 0 saturated carbocycles. The molecule has 0 bridgehead atoms. The summed E-state index contributed by atoms with van der Waals surface area (Å²) in [7, 11) is 0. The second kappa shape index (κ2) is 9.17. The number of anilines is 1. The lowest BCUT2D eigenvalue weighted by Gasteiger charge is -2.20. The number of hydrogen-bond acceptors (Lipinski definition) is 5. The minimum absolute atomic E-state index is 0.0211. The third kappa shape index (κ3) is 5.60. The number of carbonyl (C=O) groups is 3. The molecule has 1 aliphatic rings. The van der Waals surface area contributed by atoms with Gasteiger partial charge in [0.25, 0.3) is 5.91 Å². The first-order valence-corrected chi connectivity index (χ1v) is 9.32. The van der Waals surface area contributed by atoms with Crippen molar-refractivity contribution in [3.63, 3.8) is 0 Å². The SMILES string of the molecule is O=C1CCC(C(=O)OC(C(=O)Nc2cc(C(F)(F)F)ccc2Cl)c2ccccc2)=NN1. The molecule has 3 rings (SSSR count). The van der Waals surface area contributed by atoms with Crippen LogP contribution in [-0.2, 0) is 25.3 Å². The van der Waals surface area contributed by atoms with E-state index in [1.54, 1.807) is 18.2 Å². The summed E-state index contributed by atoms with van der Waals surface area (Å²) in [6, 6.07) is 10.4. The summed E-state index contributed by atoms with van der Waals surface area (Å²) >= 11 is 5.93. The lowest BCUT2D eigenvalue weighted by Crippen LogP contribution is -2.33. The third-order valence-electron chi connectivity index (χ3n) is 4.26. The predicted octanol–water partition coefficient (Wildman–Crippen LogP) is 3.85. The molecular weight excluding hydrogens is 439 g/mol. The number of esters is 1. The van der Waals surface area contributed by atoms with Gasteiger partial charge in [-0.05, 0) is 18.2 Å². The van der Waals surface area contributed by atoms with Crippen molar-refractivity contribution in [1.29, 1.82) is 0 Å². The smallest absolute Gasteiger partial charge is 0.416 e. The highest BCUT2D eigenvalue weighted by molar-refractivity contribution is 6.37. The fourth-order valence-electron chi connectivity index (χ4n) is 2.69. The number of hydrazone groups is 1. The number of carbonyl (C=O) groups excluding carboxylic acids is 3. The average Bonchev–Trinajstić information content (AvgIpc) is 2.73. The van der Waals surface area contributed by atoms with Crippen molar-refractivity contribution in [2.75, 3.05) is 5.32 Å². The van der Waals surface area contributed by atoms with Crippen molar-refractivity contribution in [1.82, 2.24) is 5.43 Å². The number of halogens is 4. The fraction of sp³-hybridized carbons (Fsp3) is 0.200. The molecule has 0 fully saturated rings. The van der Waals surface area contributed by atoms with Gasteiger partial charge < -0.3 is 10.1 Å². The van der Waals surface area contributed by atoms with E-state index in [0.29, 0.717) is 6.07 Å². The van der Waals surface area contributed by atoms with Gasteiger partial charge in [0.15, 0.2) is 0 Å². The van der Waals surface area contributed by atoms with Crippen LogP contribution in [0, 0.1) is 0 Å². The Hall–Kier alpha value is -3.40. The summed E-state index contributed by atoms with van der Waals surface area (Å²) in [6.07, 6.45) is -6.10. The standard InChI is InChI=1S/C20H15ClF3N3O4/c21-13-7-6-12(20(22,23)24)10-15(13)25-18(29)17(11-4-2-1-3-5-11)31-19(30)14-8-9-16(28)27-26-14/h1-7,10,17H,8-9H2,(H,25,29)(H,27,28). The van der Waals surface area contributed by atoms with E-state index >= 15 is 0 Å². The Kier molecular flexibility index (Phi) is 6.59. The predicted molar refractivity (Wildman–Crippen MR) is 105 cm³/mol. The number of nitrogens with zero attached hydrogens (tertiary/aromatic N) is 1. The zero-order valence-corrected chi connectivity index (χ0v) is 16.5. The van der Waals surface area contributed by atoms with Crippen molar-refractivity contribution >= 4 is 40.8 Å². The highest BCUT2D eigenvalue weighted by Crippen LogP contribution is 2.34. The molecule has 162 valence electrons. The van der Waals surface area contributed by atoms with Crippen LogP contribution in [0.5, 0.6) is 0 Å². The Morgan fingerprint density at radius 1 is 1.13 bits per heavy atom. The fourth-order valence-corrected chi connectivity index (χ4v) is 2.86. The van der Waals surface area contributed by atoms with Gasteiger partial charge in [-0.25, -0.2) is 10.2 Å². The molecule has 2 amide bonds. The van der Waals surface area contributed by atoms with Crippen LogP contribution in [0.15, 0.2) is 53.6 Å². The Bertz CT molecular complexity index is 1040. The van der Waals surface area contributed by atoms with Gasteiger partial charge in [0.2, 0.25) is 12.0 Å². The highest BCUT2D eigenvalue weighted by atomic mass is 35.5. The van der Waals surface area contributed by atoms with E-state index in [1.165, 1.54) is 12.1 Å². The molecule has 7 nitrogen and oxygen atoms in total. The van der Waals surface area contributed by atoms with Crippen molar-refractivity contribution in [3.8, 4) is 0 Å². The normalized spacial score (nSPS) is 14.8. The van der Waals surface area contributed by atoms with Gasteiger partial charge in [0, 0.05) is 18.4 Å². The number of benzene rings is 2. The third-order valence-corrected chi connectivity index (χ3v) is 4.59. The van der Waals surface area contributed by atoms with Crippen LogP contribution >= 0.6 is 11.6 Å². The topological polar surface area (TPSA) is 96.9 Å². The Morgan fingerprint density at radius 3 is 2.45 bits per heavy atom. The molecule has 1 heterocycles. The first-order chi connectivity index (χ1) is 14.6. The summed E-state index contributed by atoms with van der Waals surface area (Å²) in [5.74, 6) is -2.23. The highest BCUT2D eigenvalue weighted by Gasteiger charge is 2.32. The molecule has 31 heavy (non-hydrogen) atoms. The van der Waals surface area contributed by atoms with Crippen LogP contribution in [0.2, 0.25) is 5.02 Å². The second-order valence-corrected chi connectivity index (χ2v) is 6.88. The minimum atomic E-state index is -4.64. The first kappa shape index (κ1) is 22.3. The van der Waals surface area contributed by atoms with Gasteiger partial charge in [-0.2, -0.15) is 18.3 Å². The Balaban J connectivity index is 1.86. The molecule has 0 radical (unpaired) electrons. The summed E-state index contributed by atoms with van der Waals surface area (Å²) in [4.78, 5) is 36.5.